The molecular weight excluding hydrogens is 456 g/mol. The number of piperidine rings is 1. The summed E-state index contributed by atoms with van der Waals surface area (Å²) in [5, 5.41) is 0. The molecule has 1 amide bonds. The number of hydrogen-bond acceptors (Lipinski definition) is 4. The first-order valence-corrected chi connectivity index (χ1v) is 11.8. The molecule has 0 N–H and O–H groups in total. The summed E-state index contributed by atoms with van der Waals surface area (Å²) in [6, 6.07) is 6.58. The molecule has 1 aromatic carbocycles. The molecule has 31 heavy (non-hydrogen) atoms. The number of carbonyl (C=O) groups is 1. The van der Waals surface area contributed by atoms with Gasteiger partial charge in [0.1, 0.15) is 11.4 Å². The second-order valence-electron chi connectivity index (χ2n) is 9.33. The Bertz CT molecular complexity index is 903. The summed E-state index contributed by atoms with van der Waals surface area (Å²) in [5.41, 5.74) is 3.98. The molecule has 5 nitrogen and oxygen atoms in total. The summed E-state index contributed by atoms with van der Waals surface area (Å²) < 4.78 is 12.7. The maximum Gasteiger partial charge on any atom is 0.410 e. The van der Waals surface area contributed by atoms with Gasteiger partial charge in [0.15, 0.2) is 0 Å². The second-order valence-corrected chi connectivity index (χ2v) is 10.2. The molecule has 1 unspecified atom stereocenters. The highest BCUT2D eigenvalue weighted by atomic mass is 79.9. The van der Waals surface area contributed by atoms with E-state index in [0.717, 1.165) is 53.6 Å². The number of amides is 1. The molecule has 0 aliphatic carbocycles. The average Bonchev–Trinajstić information content (AvgIpc) is 2.67. The molecule has 1 fully saturated rings. The Hall–Kier alpha value is -2.08. The van der Waals surface area contributed by atoms with Crippen LogP contribution < -0.4 is 4.74 Å². The first-order chi connectivity index (χ1) is 14.6. The molecule has 2 heterocycles. The van der Waals surface area contributed by atoms with E-state index < -0.39 is 5.60 Å². The molecule has 6 heteroatoms. The molecule has 0 bridgehead atoms. The third-order valence-electron chi connectivity index (χ3n) is 5.34. The summed E-state index contributed by atoms with van der Waals surface area (Å²) in [6.45, 7) is 11.2. The Balaban J connectivity index is 1.72. The van der Waals surface area contributed by atoms with Crippen LogP contribution in [-0.2, 0) is 4.74 Å². The van der Waals surface area contributed by atoms with E-state index >= 15 is 0 Å². The number of aromatic nitrogens is 1. The van der Waals surface area contributed by atoms with Crippen molar-refractivity contribution in [2.45, 2.75) is 71.9 Å². The normalized spacial score (nSPS) is 16.8. The maximum atomic E-state index is 12.7. The number of hydrogen-bond donors (Lipinski definition) is 0. The van der Waals surface area contributed by atoms with Crippen molar-refractivity contribution in [3.8, 4) is 16.9 Å². The van der Waals surface area contributed by atoms with E-state index in [-0.39, 0.29) is 12.1 Å². The number of carbonyl (C=O) groups excluding carboxylic acids is 1. The predicted molar refractivity (Wildman–Crippen MR) is 128 cm³/mol. The number of benzene rings is 1. The Kier molecular flexibility index (Phi) is 7.63. The molecule has 1 aliphatic rings. The minimum absolute atomic E-state index is 0.133. The Morgan fingerprint density at radius 3 is 2.55 bits per heavy atom. The van der Waals surface area contributed by atoms with Crippen LogP contribution in [0.4, 0.5) is 4.79 Å². The summed E-state index contributed by atoms with van der Waals surface area (Å²) >= 11 is 3.60. The summed E-state index contributed by atoms with van der Waals surface area (Å²) in [7, 11) is 0. The first kappa shape index (κ1) is 23.6. The fraction of sp³-hybridized carbons (Fsp3) is 0.520. The highest BCUT2D eigenvalue weighted by Gasteiger charge is 2.30. The number of aryl methyl sites for hydroxylation is 2. The van der Waals surface area contributed by atoms with E-state index in [1.807, 2.05) is 31.9 Å². The van der Waals surface area contributed by atoms with Crippen molar-refractivity contribution in [3.05, 3.63) is 46.2 Å². The average molecular weight is 489 g/mol. The number of halogens is 1. The summed E-state index contributed by atoms with van der Waals surface area (Å²) in [6.07, 6.45) is 7.26. The van der Waals surface area contributed by atoms with Crippen LogP contribution in [0.1, 0.15) is 57.6 Å². The fourth-order valence-electron chi connectivity index (χ4n) is 4.06. The fourth-order valence-corrected chi connectivity index (χ4v) is 4.51. The van der Waals surface area contributed by atoms with Crippen LogP contribution in [0, 0.1) is 13.8 Å². The van der Waals surface area contributed by atoms with Gasteiger partial charge in [-0.25, -0.2) is 4.79 Å². The van der Waals surface area contributed by atoms with Crippen LogP contribution in [0.3, 0.4) is 0 Å². The molecule has 1 saturated heterocycles. The number of pyridine rings is 1. The molecule has 3 rings (SSSR count). The standard InChI is InChI=1S/C25H33BrN2O3/c1-17-12-18(2)14-19(13-17)21-15-27-16-22(26)23(21)30-11-9-20-8-6-7-10-28(20)24(29)31-25(3,4)5/h12-16,20H,6-11H2,1-5H3. The SMILES string of the molecule is Cc1cc(C)cc(-c2cncc(Br)c2OCCC2CCCCN2C(=O)OC(C)(C)C)c1. The zero-order chi connectivity index (χ0) is 22.6. The highest BCUT2D eigenvalue weighted by Crippen LogP contribution is 2.36. The lowest BCUT2D eigenvalue weighted by Gasteiger charge is -2.36. The molecule has 0 radical (unpaired) electrons. The largest absolute Gasteiger partial charge is 0.492 e. The maximum absolute atomic E-state index is 12.7. The van der Waals surface area contributed by atoms with E-state index in [9.17, 15) is 4.79 Å². The van der Waals surface area contributed by atoms with E-state index in [4.69, 9.17) is 9.47 Å². The van der Waals surface area contributed by atoms with Crippen molar-refractivity contribution < 1.29 is 14.3 Å². The van der Waals surface area contributed by atoms with Crippen molar-refractivity contribution in [2.75, 3.05) is 13.2 Å². The van der Waals surface area contributed by atoms with E-state index in [0.29, 0.717) is 6.61 Å². The van der Waals surface area contributed by atoms with Crippen LogP contribution in [0.15, 0.2) is 35.1 Å². The van der Waals surface area contributed by atoms with Crippen molar-refractivity contribution in [2.24, 2.45) is 0 Å². The van der Waals surface area contributed by atoms with Crippen LogP contribution >= 0.6 is 15.9 Å². The lowest BCUT2D eigenvalue weighted by atomic mass is 10.00. The second kappa shape index (κ2) is 10.0. The van der Waals surface area contributed by atoms with Gasteiger partial charge in [-0.05, 0) is 75.4 Å². The quantitative estimate of drug-likeness (QED) is 0.470. The van der Waals surface area contributed by atoms with Crippen LogP contribution in [0.5, 0.6) is 5.75 Å². The number of likely N-dealkylation sites (tertiary alicyclic amines) is 1. The zero-order valence-corrected chi connectivity index (χ0v) is 20.8. The van der Waals surface area contributed by atoms with Gasteiger partial charge in [0.2, 0.25) is 0 Å². The van der Waals surface area contributed by atoms with Gasteiger partial charge < -0.3 is 14.4 Å². The highest BCUT2D eigenvalue weighted by molar-refractivity contribution is 9.10. The third kappa shape index (κ3) is 6.45. The Morgan fingerprint density at radius 1 is 1.16 bits per heavy atom. The Morgan fingerprint density at radius 2 is 1.87 bits per heavy atom. The van der Waals surface area contributed by atoms with E-state index in [1.54, 1.807) is 6.20 Å². The lowest BCUT2D eigenvalue weighted by molar-refractivity contribution is 0.00743. The summed E-state index contributed by atoms with van der Waals surface area (Å²) in [5.74, 6) is 0.791. The first-order valence-electron chi connectivity index (χ1n) is 11.0. The molecular formula is C25H33BrN2O3. The van der Waals surface area contributed by atoms with Gasteiger partial charge in [0.05, 0.1) is 11.1 Å². The third-order valence-corrected chi connectivity index (χ3v) is 5.90. The van der Waals surface area contributed by atoms with Crippen LogP contribution in [0.25, 0.3) is 11.1 Å². The summed E-state index contributed by atoms with van der Waals surface area (Å²) in [4.78, 5) is 18.9. The smallest absolute Gasteiger partial charge is 0.410 e. The van der Waals surface area contributed by atoms with Crippen LogP contribution in [0.2, 0.25) is 0 Å². The molecule has 1 atom stereocenters. The van der Waals surface area contributed by atoms with Crippen molar-refractivity contribution in [3.63, 3.8) is 0 Å². The molecule has 1 aliphatic heterocycles. The van der Waals surface area contributed by atoms with Gasteiger partial charge in [-0.15, -0.1) is 0 Å². The number of ether oxygens (including phenoxy) is 2. The monoisotopic (exact) mass is 488 g/mol. The van der Waals surface area contributed by atoms with Crippen molar-refractivity contribution in [1.29, 1.82) is 0 Å². The number of rotatable bonds is 5. The lowest BCUT2D eigenvalue weighted by Crippen LogP contribution is -2.46. The van der Waals surface area contributed by atoms with E-state index in [1.165, 1.54) is 11.1 Å². The molecule has 0 saturated carbocycles. The minimum Gasteiger partial charge on any atom is -0.492 e. The van der Waals surface area contributed by atoms with Crippen molar-refractivity contribution in [1.82, 2.24) is 9.88 Å². The van der Waals surface area contributed by atoms with Gasteiger partial charge in [-0.1, -0.05) is 29.3 Å². The topological polar surface area (TPSA) is 51.7 Å². The van der Waals surface area contributed by atoms with Gasteiger partial charge in [-0.3, -0.25) is 4.98 Å². The van der Waals surface area contributed by atoms with Gasteiger partial charge in [-0.2, -0.15) is 0 Å². The van der Waals surface area contributed by atoms with Crippen molar-refractivity contribution >= 4 is 22.0 Å². The molecule has 1 aromatic heterocycles. The molecule has 2 aromatic rings. The Labute approximate surface area is 194 Å². The van der Waals surface area contributed by atoms with Crippen LogP contribution in [-0.4, -0.2) is 40.8 Å². The molecule has 168 valence electrons. The van der Waals surface area contributed by atoms with Gasteiger partial charge in [0, 0.05) is 37.0 Å². The van der Waals surface area contributed by atoms with Gasteiger partial charge >= 0.3 is 6.09 Å². The zero-order valence-electron chi connectivity index (χ0n) is 19.2. The predicted octanol–water partition coefficient (Wildman–Crippen LogP) is 6.69. The van der Waals surface area contributed by atoms with Gasteiger partial charge in [0.25, 0.3) is 0 Å². The number of nitrogens with zero attached hydrogens (tertiary/aromatic N) is 2. The van der Waals surface area contributed by atoms with E-state index in [2.05, 4.69) is 53.0 Å². The molecule has 0 spiro atoms. The minimum atomic E-state index is -0.488.